The molecule has 0 atom stereocenters. The van der Waals surface area contributed by atoms with Gasteiger partial charge < -0.3 is 10.6 Å². The summed E-state index contributed by atoms with van der Waals surface area (Å²) in [6.07, 6.45) is 0. The van der Waals surface area contributed by atoms with E-state index < -0.39 is 0 Å². The molecule has 0 fully saturated rings. The Morgan fingerprint density at radius 3 is 2.32 bits per heavy atom. The van der Waals surface area contributed by atoms with Gasteiger partial charge in [0.15, 0.2) is 0 Å². The first kappa shape index (κ1) is 13.4. The number of benzene rings is 2. The maximum atomic E-state index is 11.8. The number of carbonyl (C=O) groups excluding carboxylic acids is 1. The van der Waals surface area contributed by atoms with Crippen LogP contribution in [0.4, 0.5) is 16.2 Å². The van der Waals surface area contributed by atoms with Crippen molar-refractivity contribution in [1.82, 2.24) is 0 Å². The van der Waals surface area contributed by atoms with Gasteiger partial charge in [0.05, 0.1) is 0 Å². The van der Waals surface area contributed by atoms with Crippen LogP contribution in [0.3, 0.4) is 0 Å². The Balaban J connectivity index is 2.01. The Hall–Kier alpha value is -2.00. The van der Waals surface area contributed by atoms with E-state index in [0.717, 1.165) is 22.5 Å². The summed E-state index contributed by atoms with van der Waals surface area (Å²) in [5.41, 5.74) is 3.56. The summed E-state index contributed by atoms with van der Waals surface area (Å²) in [5.74, 6) is 0.426. The topological polar surface area (TPSA) is 41.1 Å². The molecule has 0 aromatic heterocycles. The van der Waals surface area contributed by atoms with Crippen LogP contribution < -0.4 is 10.6 Å². The minimum Gasteiger partial charge on any atom is -0.308 e. The van der Waals surface area contributed by atoms with E-state index in [1.807, 2.05) is 55.5 Å². The number of nitrogens with one attached hydrogen (secondary N) is 2. The third-order valence-corrected chi connectivity index (χ3v) is 2.92. The molecule has 0 spiro atoms. The van der Waals surface area contributed by atoms with Crippen molar-refractivity contribution < 1.29 is 4.79 Å². The fraction of sp³-hybridized carbons (Fsp3) is 0.133. The molecule has 0 aliphatic rings. The van der Waals surface area contributed by atoms with Gasteiger partial charge in [0.2, 0.25) is 0 Å². The van der Waals surface area contributed by atoms with E-state index in [2.05, 4.69) is 10.6 Å². The molecule has 0 saturated heterocycles. The minimum absolute atomic E-state index is 0.266. The zero-order valence-corrected chi connectivity index (χ0v) is 11.4. The molecule has 2 aromatic carbocycles. The van der Waals surface area contributed by atoms with Crippen molar-refractivity contribution in [3.63, 3.8) is 0 Å². The van der Waals surface area contributed by atoms with E-state index in [1.54, 1.807) is 0 Å². The van der Waals surface area contributed by atoms with Gasteiger partial charge in [0.25, 0.3) is 0 Å². The monoisotopic (exact) mass is 274 g/mol. The molecular formula is C15H15ClN2O. The number of halogens is 1. The molecule has 0 heterocycles. The van der Waals surface area contributed by atoms with E-state index in [1.165, 1.54) is 0 Å². The summed E-state index contributed by atoms with van der Waals surface area (Å²) in [5, 5.41) is 5.56. The van der Waals surface area contributed by atoms with E-state index >= 15 is 0 Å². The molecule has 0 unspecified atom stereocenters. The number of urea groups is 1. The first-order valence-electron chi connectivity index (χ1n) is 5.97. The van der Waals surface area contributed by atoms with E-state index in [4.69, 9.17) is 11.6 Å². The maximum absolute atomic E-state index is 11.8. The van der Waals surface area contributed by atoms with E-state index in [0.29, 0.717) is 5.88 Å². The standard InChI is InChI=1S/C15H15ClN2O/c1-11-4-2-6-13(8-11)17-15(19)18-14-7-3-5-12(9-14)10-16/h2-9H,10H2,1H3,(H2,17,18,19). The van der Waals surface area contributed by atoms with Crippen molar-refractivity contribution in [3.8, 4) is 0 Å². The quantitative estimate of drug-likeness (QED) is 0.802. The number of anilines is 2. The Labute approximate surface area is 117 Å². The predicted molar refractivity (Wildman–Crippen MR) is 79.8 cm³/mol. The van der Waals surface area contributed by atoms with Gasteiger partial charge >= 0.3 is 6.03 Å². The van der Waals surface area contributed by atoms with E-state index in [-0.39, 0.29) is 6.03 Å². The second-order valence-electron chi connectivity index (χ2n) is 4.28. The molecule has 0 aliphatic carbocycles. The third-order valence-electron chi connectivity index (χ3n) is 2.62. The van der Waals surface area contributed by atoms with Gasteiger partial charge in [-0.1, -0.05) is 24.3 Å². The molecule has 3 nitrogen and oxygen atoms in total. The molecule has 0 bridgehead atoms. The Kier molecular flexibility index (Phi) is 4.42. The van der Waals surface area contributed by atoms with Crippen LogP contribution >= 0.6 is 11.6 Å². The number of amides is 2. The molecule has 19 heavy (non-hydrogen) atoms. The lowest BCUT2D eigenvalue weighted by Gasteiger charge is -2.08. The number of aryl methyl sites for hydroxylation is 1. The molecule has 4 heteroatoms. The van der Waals surface area contributed by atoms with Crippen LogP contribution in [-0.2, 0) is 5.88 Å². The van der Waals surface area contributed by atoms with Gasteiger partial charge in [-0.15, -0.1) is 11.6 Å². The van der Waals surface area contributed by atoms with Gasteiger partial charge in [-0.25, -0.2) is 4.79 Å². The summed E-state index contributed by atoms with van der Waals surface area (Å²) in [4.78, 5) is 11.8. The van der Waals surface area contributed by atoms with Crippen molar-refractivity contribution in [1.29, 1.82) is 0 Å². The van der Waals surface area contributed by atoms with Crippen LogP contribution in [0.5, 0.6) is 0 Å². The average Bonchev–Trinajstić information content (AvgIpc) is 2.38. The number of hydrogen-bond acceptors (Lipinski definition) is 1. The van der Waals surface area contributed by atoms with Gasteiger partial charge in [0, 0.05) is 17.3 Å². The van der Waals surface area contributed by atoms with Crippen LogP contribution in [0.25, 0.3) is 0 Å². The lowest BCUT2D eigenvalue weighted by molar-refractivity contribution is 0.262. The first-order valence-corrected chi connectivity index (χ1v) is 6.50. The second-order valence-corrected chi connectivity index (χ2v) is 4.55. The zero-order chi connectivity index (χ0) is 13.7. The smallest absolute Gasteiger partial charge is 0.308 e. The lowest BCUT2D eigenvalue weighted by Crippen LogP contribution is -2.19. The van der Waals surface area contributed by atoms with Crippen LogP contribution in [-0.4, -0.2) is 6.03 Å². The van der Waals surface area contributed by atoms with Crippen LogP contribution in [0.15, 0.2) is 48.5 Å². The van der Waals surface area contributed by atoms with E-state index in [9.17, 15) is 4.79 Å². The highest BCUT2D eigenvalue weighted by atomic mass is 35.5. The van der Waals surface area contributed by atoms with Crippen LogP contribution in [0, 0.1) is 6.92 Å². The van der Waals surface area contributed by atoms with Gasteiger partial charge in [0.1, 0.15) is 0 Å². The number of alkyl halides is 1. The number of rotatable bonds is 3. The molecule has 0 aliphatic heterocycles. The summed E-state index contributed by atoms with van der Waals surface area (Å²) in [7, 11) is 0. The second kappa shape index (κ2) is 6.25. The summed E-state index contributed by atoms with van der Waals surface area (Å²) in [6.45, 7) is 1.98. The SMILES string of the molecule is Cc1cccc(NC(=O)Nc2cccc(CCl)c2)c1. The number of carbonyl (C=O) groups is 1. The molecular weight excluding hydrogens is 260 g/mol. The molecule has 2 rings (SSSR count). The fourth-order valence-corrected chi connectivity index (χ4v) is 1.91. The Morgan fingerprint density at radius 1 is 1.05 bits per heavy atom. The molecule has 2 amide bonds. The van der Waals surface area contributed by atoms with Crippen molar-refractivity contribution in [2.45, 2.75) is 12.8 Å². The average molecular weight is 275 g/mol. The predicted octanol–water partition coefficient (Wildman–Crippen LogP) is 4.38. The summed E-state index contributed by atoms with van der Waals surface area (Å²) in [6, 6.07) is 14.8. The van der Waals surface area contributed by atoms with Gasteiger partial charge in [-0.2, -0.15) is 0 Å². The maximum Gasteiger partial charge on any atom is 0.323 e. The third kappa shape index (κ3) is 4.00. The first-order chi connectivity index (χ1) is 9.17. The van der Waals surface area contributed by atoms with Crippen molar-refractivity contribution in [2.75, 3.05) is 10.6 Å². The Morgan fingerprint density at radius 2 is 1.68 bits per heavy atom. The summed E-state index contributed by atoms with van der Waals surface area (Å²) < 4.78 is 0. The van der Waals surface area contributed by atoms with Crippen LogP contribution in [0.2, 0.25) is 0 Å². The van der Waals surface area contributed by atoms with Crippen molar-refractivity contribution in [2.24, 2.45) is 0 Å². The number of hydrogen-bond donors (Lipinski definition) is 2. The molecule has 0 saturated carbocycles. The van der Waals surface area contributed by atoms with Crippen molar-refractivity contribution >= 4 is 29.0 Å². The van der Waals surface area contributed by atoms with Gasteiger partial charge in [-0.05, 0) is 42.3 Å². The highest BCUT2D eigenvalue weighted by molar-refractivity contribution is 6.17. The Bertz CT molecular complexity index is 584. The normalized spacial score (nSPS) is 10.0. The van der Waals surface area contributed by atoms with Gasteiger partial charge in [-0.3, -0.25) is 0 Å². The van der Waals surface area contributed by atoms with Crippen LogP contribution in [0.1, 0.15) is 11.1 Å². The molecule has 98 valence electrons. The minimum atomic E-state index is -0.266. The highest BCUT2D eigenvalue weighted by Crippen LogP contribution is 2.14. The summed E-state index contributed by atoms with van der Waals surface area (Å²) >= 11 is 5.75. The molecule has 2 N–H and O–H groups in total. The van der Waals surface area contributed by atoms with Crippen molar-refractivity contribution in [3.05, 3.63) is 59.7 Å². The molecule has 2 aromatic rings. The zero-order valence-electron chi connectivity index (χ0n) is 10.6. The highest BCUT2D eigenvalue weighted by Gasteiger charge is 2.03. The fourth-order valence-electron chi connectivity index (χ4n) is 1.75. The lowest BCUT2D eigenvalue weighted by atomic mass is 10.2. The molecule has 0 radical (unpaired) electrons. The largest absolute Gasteiger partial charge is 0.323 e.